The van der Waals surface area contributed by atoms with Crippen LogP contribution in [0.5, 0.6) is 0 Å². The third-order valence-corrected chi connectivity index (χ3v) is 9.79. The number of rotatable bonds is 5. The van der Waals surface area contributed by atoms with E-state index in [4.69, 9.17) is 15.0 Å². The molecule has 0 saturated heterocycles. The van der Waals surface area contributed by atoms with Crippen molar-refractivity contribution < 1.29 is 0 Å². The molecule has 0 radical (unpaired) electrons. The molecule has 0 aliphatic rings. The molecule has 0 unspecified atom stereocenters. The first kappa shape index (κ1) is 27.3. The van der Waals surface area contributed by atoms with E-state index in [-0.39, 0.29) is 0 Å². The van der Waals surface area contributed by atoms with E-state index in [1.54, 1.807) is 11.3 Å². The number of aromatic nitrogens is 3. The van der Waals surface area contributed by atoms with Crippen LogP contribution in [0.25, 0.3) is 87.4 Å². The lowest BCUT2D eigenvalue weighted by Gasteiger charge is -2.13. The molecular weight excluding hydrogens is 591 g/mol. The Labute approximate surface area is 276 Å². The lowest BCUT2D eigenvalue weighted by atomic mass is 9.96. The highest BCUT2D eigenvalue weighted by Gasteiger charge is 2.16. The zero-order valence-electron chi connectivity index (χ0n) is 25.3. The van der Waals surface area contributed by atoms with Crippen molar-refractivity contribution in [1.82, 2.24) is 15.0 Å². The molecule has 0 atom stereocenters. The predicted molar refractivity (Wildman–Crippen MR) is 197 cm³/mol. The van der Waals surface area contributed by atoms with E-state index in [2.05, 4.69) is 146 Å². The van der Waals surface area contributed by atoms with Crippen molar-refractivity contribution in [3.63, 3.8) is 0 Å². The van der Waals surface area contributed by atoms with Gasteiger partial charge in [-0.2, -0.15) is 0 Å². The van der Waals surface area contributed by atoms with Crippen LogP contribution in [-0.2, 0) is 0 Å². The Bertz CT molecular complexity index is 2560. The first-order valence-corrected chi connectivity index (χ1v) is 16.5. The van der Waals surface area contributed by atoms with Gasteiger partial charge in [-0.25, -0.2) is 15.0 Å². The highest BCUT2D eigenvalue weighted by molar-refractivity contribution is 7.21. The van der Waals surface area contributed by atoms with Crippen molar-refractivity contribution in [2.75, 3.05) is 0 Å². The van der Waals surface area contributed by atoms with Crippen molar-refractivity contribution in [2.45, 2.75) is 0 Å². The Kier molecular flexibility index (Phi) is 6.65. The van der Waals surface area contributed by atoms with Gasteiger partial charge in [-0.05, 0) is 45.5 Å². The highest BCUT2D eigenvalue weighted by Crippen LogP contribution is 2.39. The fourth-order valence-electron chi connectivity index (χ4n) is 6.43. The van der Waals surface area contributed by atoms with Crippen LogP contribution in [0.3, 0.4) is 0 Å². The van der Waals surface area contributed by atoms with Gasteiger partial charge >= 0.3 is 0 Å². The maximum absolute atomic E-state index is 5.22. The predicted octanol–water partition coefficient (Wildman–Crippen LogP) is 11.7. The fourth-order valence-corrected chi connectivity index (χ4v) is 7.41. The molecular formula is C43H27N3S. The molecule has 2 heterocycles. The summed E-state index contributed by atoms with van der Waals surface area (Å²) in [5, 5.41) is 5.72. The van der Waals surface area contributed by atoms with Gasteiger partial charge in [0.1, 0.15) is 5.01 Å². The maximum Gasteiger partial charge on any atom is 0.160 e. The van der Waals surface area contributed by atoms with Gasteiger partial charge in [0.15, 0.2) is 5.82 Å². The molecule has 220 valence electrons. The Morgan fingerprint density at radius 2 is 1.02 bits per heavy atom. The van der Waals surface area contributed by atoms with E-state index in [9.17, 15) is 0 Å². The van der Waals surface area contributed by atoms with Crippen LogP contribution in [0.4, 0.5) is 0 Å². The largest absolute Gasteiger partial charge is 0.235 e. The molecule has 0 amide bonds. The minimum Gasteiger partial charge on any atom is -0.235 e. The fraction of sp³-hybridized carbons (Fsp3) is 0. The molecule has 0 aliphatic carbocycles. The van der Waals surface area contributed by atoms with Crippen molar-refractivity contribution in [3.05, 3.63) is 164 Å². The molecule has 4 heteroatoms. The average Bonchev–Trinajstić information content (AvgIpc) is 3.60. The first-order valence-electron chi connectivity index (χ1n) is 15.7. The van der Waals surface area contributed by atoms with E-state index in [1.165, 1.54) is 20.9 Å². The molecule has 47 heavy (non-hydrogen) atoms. The topological polar surface area (TPSA) is 38.7 Å². The molecule has 0 saturated carbocycles. The van der Waals surface area contributed by atoms with Crippen molar-refractivity contribution in [3.8, 4) is 55.6 Å². The number of hydrogen-bond acceptors (Lipinski definition) is 4. The van der Waals surface area contributed by atoms with Crippen molar-refractivity contribution in [1.29, 1.82) is 0 Å². The van der Waals surface area contributed by atoms with Gasteiger partial charge in [0.05, 0.1) is 21.6 Å². The molecule has 0 N–H and O–H groups in total. The summed E-state index contributed by atoms with van der Waals surface area (Å²) in [5.74, 6) is 0.699. The van der Waals surface area contributed by atoms with Gasteiger partial charge in [0.2, 0.25) is 0 Å². The van der Waals surface area contributed by atoms with Gasteiger partial charge in [-0.15, -0.1) is 11.3 Å². The van der Waals surface area contributed by atoms with Crippen molar-refractivity contribution in [2.24, 2.45) is 0 Å². The smallest absolute Gasteiger partial charge is 0.160 e. The standard InChI is InChI=1S/C43H27N3S/c1-4-12-28(13-5-1)34-18-10-11-19-36(34)38-27-37(29-14-6-2-7-15-29)44-42(45-38)33-22-24-35-32(26-33)21-20-30-23-25-39-41(40(30)35)46-43(47-39)31-16-8-3-9-17-31/h1-27H. The summed E-state index contributed by atoms with van der Waals surface area (Å²) in [7, 11) is 0. The summed E-state index contributed by atoms with van der Waals surface area (Å²) in [6.07, 6.45) is 0. The molecule has 0 aliphatic heterocycles. The van der Waals surface area contributed by atoms with Crippen molar-refractivity contribution >= 4 is 43.1 Å². The summed E-state index contributed by atoms with van der Waals surface area (Å²) < 4.78 is 1.19. The number of thiazole rings is 1. The van der Waals surface area contributed by atoms with E-state index < -0.39 is 0 Å². The normalized spacial score (nSPS) is 11.4. The Morgan fingerprint density at radius 3 is 1.79 bits per heavy atom. The summed E-state index contributed by atoms with van der Waals surface area (Å²) in [6, 6.07) is 57.3. The molecule has 0 fully saturated rings. The van der Waals surface area contributed by atoms with E-state index in [0.717, 1.165) is 60.7 Å². The summed E-state index contributed by atoms with van der Waals surface area (Å²) >= 11 is 1.74. The molecule has 7 aromatic carbocycles. The minimum atomic E-state index is 0.699. The third-order valence-electron chi connectivity index (χ3n) is 8.72. The molecule has 9 aromatic rings. The molecule has 0 spiro atoms. The van der Waals surface area contributed by atoms with Gasteiger partial charge in [0.25, 0.3) is 0 Å². The molecule has 2 aromatic heterocycles. The molecule has 0 bridgehead atoms. The van der Waals surface area contributed by atoms with Gasteiger partial charge < -0.3 is 0 Å². The first-order chi connectivity index (χ1) is 23.3. The molecule has 3 nitrogen and oxygen atoms in total. The van der Waals surface area contributed by atoms with Crippen LogP contribution >= 0.6 is 11.3 Å². The van der Waals surface area contributed by atoms with Crippen LogP contribution in [0.15, 0.2) is 164 Å². The Balaban J connectivity index is 1.22. The van der Waals surface area contributed by atoms with Crippen LogP contribution in [0.2, 0.25) is 0 Å². The minimum absolute atomic E-state index is 0.699. The van der Waals surface area contributed by atoms with Crippen LogP contribution in [-0.4, -0.2) is 15.0 Å². The summed E-state index contributed by atoms with van der Waals surface area (Å²) in [6.45, 7) is 0. The van der Waals surface area contributed by atoms with E-state index in [1.807, 2.05) is 18.2 Å². The number of benzene rings is 7. The Hall–Kier alpha value is -5.97. The lowest BCUT2D eigenvalue weighted by Crippen LogP contribution is -1.97. The second kappa shape index (κ2) is 11.4. The Morgan fingerprint density at radius 1 is 0.404 bits per heavy atom. The highest BCUT2D eigenvalue weighted by atomic mass is 32.1. The maximum atomic E-state index is 5.22. The average molecular weight is 618 g/mol. The van der Waals surface area contributed by atoms with Gasteiger partial charge in [-0.1, -0.05) is 146 Å². The zero-order chi connectivity index (χ0) is 31.2. The van der Waals surface area contributed by atoms with Gasteiger partial charge in [0, 0.05) is 27.6 Å². The van der Waals surface area contributed by atoms with E-state index >= 15 is 0 Å². The van der Waals surface area contributed by atoms with Crippen LogP contribution in [0, 0.1) is 0 Å². The van der Waals surface area contributed by atoms with Crippen LogP contribution < -0.4 is 0 Å². The summed E-state index contributed by atoms with van der Waals surface area (Å²) in [4.78, 5) is 15.5. The van der Waals surface area contributed by atoms with Gasteiger partial charge in [-0.3, -0.25) is 0 Å². The summed E-state index contributed by atoms with van der Waals surface area (Å²) in [5.41, 5.74) is 9.39. The zero-order valence-corrected chi connectivity index (χ0v) is 26.2. The number of hydrogen-bond donors (Lipinski definition) is 0. The van der Waals surface area contributed by atoms with Crippen LogP contribution in [0.1, 0.15) is 0 Å². The van der Waals surface area contributed by atoms with E-state index in [0.29, 0.717) is 5.82 Å². The number of nitrogens with zero attached hydrogens (tertiary/aromatic N) is 3. The lowest BCUT2D eigenvalue weighted by molar-refractivity contribution is 1.18. The third kappa shape index (κ3) is 4.96. The molecule has 9 rings (SSSR count). The quantitative estimate of drug-likeness (QED) is 0.180. The second-order valence-corrected chi connectivity index (χ2v) is 12.7. The SMILES string of the molecule is c1ccc(-c2cc(-c3ccccc3-c3ccccc3)nc(-c3ccc4c(ccc5ccc6sc(-c7ccccc7)nc6c54)c3)n2)cc1. The number of fused-ring (bicyclic) bond motifs is 5. The second-order valence-electron chi connectivity index (χ2n) is 11.6. The monoisotopic (exact) mass is 617 g/mol.